The van der Waals surface area contributed by atoms with Gasteiger partial charge in [0.1, 0.15) is 0 Å². The summed E-state index contributed by atoms with van der Waals surface area (Å²) in [6, 6.07) is 18.2. The molecule has 5 heteroatoms. The number of thiazole rings is 1. The summed E-state index contributed by atoms with van der Waals surface area (Å²) < 4.78 is 0. The summed E-state index contributed by atoms with van der Waals surface area (Å²) >= 11 is 1.63. The first kappa shape index (κ1) is 17.3. The number of carbonyl (C=O) groups is 1. The van der Waals surface area contributed by atoms with Crippen molar-refractivity contribution in [1.29, 1.82) is 0 Å². The van der Waals surface area contributed by atoms with Crippen LogP contribution in [0.3, 0.4) is 0 Å². The van der Waals surface area contributed by atoms with Crippen molar-refractivity contribution in [3.05, 3.63) is 71.7 Å². The van der Waals surface area contributed by atoms with E-state index in [1.165, 1.54) is 0 Å². The summed E-state index contributed by atoms with van der Waals surface area (Å²) in [6.07, 6.45) is 1.81. The maximum Gasteiger partial charge on any atom is 0.298 e. The van der Waals surface area contributed by atoms with Crippen molar-refractivity contribution in [3.8, 4) is 23.0 Å². The van der Waals surface area contributed by atoms with E-state index in [0.29, 0.717) is 13.1 Å². The van der Waals surface area contributed by atoms with E-state index in [1.54, 1.807) is 11.3 Å². The van der Waals surface area contributed by atoms with Crippen LogP contribution in [0, 0.1) is 11.8 Å². The summed E-state index contributed by atoms with van der Waals surface area (Å²) in [5.74, 6) is 5.72. The zero-order chi connectivity index (χ0) is 18.5. The third-order valence-electron chi connectivity index (χ3n) is 4.54. The molecule has 0 saturated carbocycles. The standard InChI is InChI=1S/C22H19N3OS/c26-21(24-12-14-25(15-13-24)22-23-11-16-27-22)10-9-18-5-4-8-20(17-18)19-6-2-1-3-7-19/h1-8,11,16-17H,12-15H2. The molecule has 3 aromatic rings. The van der Waals surface area contributed by atoms with E-state index in [2.05, 4.69) is 39.9 Å². The fourth-order valence-electron chi connectivity index (χ4n) is 3.08. The summed E-state index contributed by atoms with van der Waals surface area (Å²) in [6.45, 7) is 2.95. The quantitative estimate of drug-likeness (QED) is 0.645. The Balaban J connectivity index is 1.40. The highest BCUT2D eigenvalue weighted by molar-refractivity contribution is 7.13. The summed E-state index contributed by atoms with van der Waals surface area (Å²) in [7, 11) is 0. The smallest absolute Gasteiger partial charge is 0.298 e. The minimum Gasteiger partial charge on any atom is -0.345 e. The summed E-state index contributed by atoms with van der Waals surface area (Å²) in [4.78, 5) is 20.8. The van der Waals surface area contributed by atoms with Gasteiger partial charge in [-0.05, 0) is 23.3 Å². The third kappa shape index (κ3) is 4.18. The first-order valence-electron chi connectivity index (χ1n) is 8.90. The molecule has 27 heavy (non-hydrogen) atoms. The van der Waals surface area contributed by atoms with Crippen molar-refractivity contribution in [2.24, 2.45) is 0 Å². The topological polar surface area (TPSA) is 36.4 Å². The molecule has 4 nitrogen and oxygen atoms in total. The number of hydrogen-bond acceptors (Lipinski definition) is 4. The van der Waals surface area contributed by atoms with Crippen LogP contribution in [0.5, 0.6) is 0 Å². The van der Waals surface area contributed by atoms with Gasteiger partial charge in [0, 0.05) is 49.2 Å². The van der Waals surface area contributed by atoms with Crippen molar-refractivity contribution >= 4 is 22.4 Å². The van der Waals surface area contributed by atoms with Crippen LogP contribution in [0.25, 0.3) is 11.1 Å². The molecule has 1 aromatic heterocycles. The van der Waals surface area contributed by atoms with Gasteiger partial charge in [-0.2, -0.15) is 0 Å². The molecule has 2 heterocycles. The largest absolute Gasteiger partial charge is 0.345 e. The molecular formula is C22H19N3OS. The zero-order valence-electron chi connectivity index (χ0n) is 14.8. The van der Waals surface area contributed by atoms with Crippen molar-refractivity contribution in [2.45, 2.75) is 0 Å². The summed E-state index contributed by atoms with van der Waals surface area (Å²) in [5.41, 5.74) is 3.10. The Morgan fingerprint density at radius 2 is 1.74 bits per heavy atom. The Kier molecular flexibility index (Phi) is 5.17. The number of carbonyl (C=O) groups excluding carboxylic acids is 1. The lowest BCUT2D eigenvalue weighted by Gasteiger charge is -2.33. The molecule has 0 radical (unpaired) electrons. The number of piperazine rings is 1. The fourth-order valence-corrected chi connectivity index (χ4v) is 3.78. The van der Waals surface area contributed by atoms with Crippen molar-refractivity contribution < 1.29 is 4.79 Å². The van der Waals surface area contributed by atoms with E-state index in [4.69, 9.17) is 0 Å². The van der Waals surface area contributed by atoms with Crippen LogP contribution in [-0.2, 0) is 4.79 Å². The molecule has 2 aromatic carbocycles. The first-order chi connectivity index (χ1) is 13.3. The van der Waals surface area contributed by atoms with Gasteiger partial charge in [0.25, 0.3) is 5.91 Å². The number of aromatic nitrogens is 1. The van der Waals surface area contributed by atoms with E-state index >= 15 is 0 Å². The minimum atomic E-state index is -0.112. The molecule has 1 aliphatic heterocycles. The Morgan fingerprint density at radius 3 is 2.48 bits per heavy atom. The highest BCUT2D eigenvalue weighted by Crippen LogP contribution is 2.20. The van der Waals surface area contributed by atoms with Gasteiger partial charge in [0.15, 0.2) is 5.13 Å². The molecule has 1 saturated heterocycles. The molecule has 1 amide bonds. The average molecular weight is 373 g/mol. The number of nitrogens with zero attached hydrogens (tertiary/aromatic N) is 3. The lowest BCUT2D eigenvalue weighted by Crippen LogP contribution is -2.48. The normalized spacial score (nSPS) is 13.8. The Morgan fingerprint density at radius 1 is 0.963 bits per heavy atom. The molecule has 0 unspecified atom stereocenters. The Labute approximate surface area is 163 Å². The Hall–Kier alpha value is -3.10. The molecule has 4 rings (SSSR count). The van der Waals surface area contributed by atoms with Crippen LogP contribution in [0.15, 0.2) is 66.2 Å². The second-order valence-electron chi connectivity index (χ2n) is 6.29. The van der Waals surface area contributed by atoms with E-state index in [1.807, 2.05) is 52.9 Å². The molecule has 0 N–H and O–H groups in total. The van der Waals surface area contributed by atoms with Crippen molar-refractivity contribution in [3.63, 3.8) is 0 Å². The predicted molar refractivity (Wildman–Crippen MR) is 110 cm³/mol. The van der Waals surface area contributed by atoms with Crippen LogP contribution in [0.4, 0.5) is 5.13 Å². The number of anilines is 1. The van der Waals surface area contributed by atoms with Crippen LogP contribution in [0.1, 0.15) is 5.56 Å². The molecule has 0 aliphatic carbocycles. The van der Waals surface area contributed by atoms with Crippen LogP contribution in [0.2, 0.25) is 0 Å². The predicted octanol–water partition coefficient (Wildman–Crippen LogP) is 3.51. The number of benzene rings is 2. The van der Waals surface area contributed by atoms with Crippen LogP contribution >= 0.6 is 11.3 Å². The zero-order valence-corrected chi connectivity index (χ0v) is 15.7. The first-order valence-corrected chi connectivity index (χ1v) is 9.78. The minimum absolute atomic E-state index is 0.112. The van der Waals surface area contributed by atoms with Gasteiger partial charge in [-0.15, -0.1) is 11.3 Å². The number of amides is 1. The summed E-state index contributed by atoms with van der Waals surface area (Å²) in [5, 5.41) is 2.99. The molecule has 134 valence electrons. The van der Waals surface area contributed by atoms with E-state index in [9.17, 15) is 4.79 Å². The molecular weight excluding hydrogens is 354 g/mol. The second kappa shape index (κ2) is 8.07. The maximum atomic E-state index is 12.4. The van der Waals surface area contributed by atoms with Crippen molar-refractivity contribution in [1.82, 2.24) is 9.88 Å². The Bertz CT molecular complexity index is 966. The third-order valence-corrected chi connectivity index (χ3v) is 5.37. The van der Waals surface area contributed by atoms with Crippen molar-refractivity contribution in [2.75, 3.05) is 31.1 Å². The van der Waals surface area contributed by atoms with Gasteiger partial charge in [-0.3, -0.25) is 4.79 Å². The van der Waals surface area contributed by atoms with Gasteiger partial charge < -0.3 is 9.80 Å². The molecule has 1 fully saturated rings. The van der Waals surface area contributed by atoms with E-state index < -0.39 is 0 Å². The molecule has 0 bridgehead atoms. The average Bonchev–Trinajstić information content (AvgIpc) is 3.28. The van der Waals surface area contributed by atoms with Gasteiger partial charge in [-0.1, -0.05) is 48.4 Å². The molecule has 0 atom stereocenters. The highest BCUT2D eigenvalue weighted by Gasteiger charge is 2.21. The number of rotatable bonds is 2. The van der Waals surface area contributed by atoms with Gasteiger partial charge in [0.05, 0.1) is 0 Å². The van der Waals surface area contributed by atoms with E-state index in [-0.39, 0.29) is 5.91 Å². The SMILES string of the molecule is O=C(C#Cc1cccc(-c2ccccc2)c1)N1CCN(c2nccs2)CC1. The van der Waals surface area contributed by atoms with Crippen LogP contribution in [-0.4, -0.2) is 42.0 Å². The number of hydrogen-bond donors (Lipinski definition) is 0. The van der Waals surface area contributed by atoms with Gasteiger partial charge in [-0.25, -0.2) is 4.98 Å². The maximum absolute atomic E-state index is 12.4. The molecule has 0 spiro atoms. The van der Waals surface area contributed by atoms with Gasteiger partial charge in [0.2, 0.25) is 0 Å². The lowest BCUT2D eigenvalue weighted by molar-refractivity contribution is -0.125. The second-order valence-corrected chi connectivity index (χ2v) is 7.16. The molecule has 1 aliphatic rings. The monoisotopic (exact) mass is 373 g/mol. The van der Waals surface area contributed by atoms with Crippen LogP contribution < -0.4 is 4.90 Å². The van der Waals surface area contributed by atoms with Gasteiger partial charge >= 0.3 is 0 Å². The fraction of sp³-hybridized carbons (Fsp3) is 0.182. The highest BCUT2D eigenvalue weighted by atomic mass is 32.1. The van der Waals surface area contributed by atoms with E-state index in [0.717, 1.165) is 34.9 Å². The lowest BCUT2D eigenvalue weighted by atomic mass is 10.0.